The first-order chi connectivity index (χ1) is 8.04. The molecule has 0 saturated carbocycles. The Morgan fingerprint density at radius 3 is 2.41 bits per heavy atom. The summed E-state index contributed by atoms with van der Waals surface area (Å²) >= 11 is 0. The fourth-order valence-corrected chi connectivity index (χ4v) is 2.79. The molecule has 0 N–H and O–H groups in total. The van der Waals surface area contributed by atoms with Gasteiger partial charge in [-0.25, -0.2) is 8.42 Å². The van der Waals surface area contributed by atoms with Crippen LogP contribution in [0.1, 0.15) is 5.56 Å². The second-order valence-corrected chi connectivity index (χ2v) is 5.73. The van der Waals surface area contributed by atoms with E-state index < -0.39 is 10.0 Å². The Balaban J connectivity index is 2.29. The normalized spacial score (nSPS) is 15.4. The SMILES string of the molecule is C=CN1C=CN(S(=O)(=O)c2ccc(C)cc2)C1. The zero-order valence-electron chi connectivity index (χ0n) is 9.57. The molecule has 0 aliphatic carbocycles. The Labute approximate surface area is 102 Å². The van der Waals surface area contributed by atoms with Crippen LogP contribution in [0, 0.1) is 6.92 Å². The van der Waals surface area contributed by atoms with Crippen molar-refractivity contribution in [3.05, 3.63) is 55.0 Å². The number of nitrogens with zero attached hydrogens (tertiary/aromatic N) is 2. The van der Waals surface area contributed by atoms with Gasteiger partial charge in [0, 0.05) is 12.4 Å². The van der Waals surface area contributed by atoms with Crippen LogP contribution in [-0.4, -0.2) is 24.3 Å². The maximum absolute atomic E-state index is 12.2. The first kappa shape index (κ1) is 11.7. The summed E-state index contributed by atoms with van der Waals surface area (Å²) in [6, 6.07) is 6.82. The van der Waals surface area contributed by atoms with Gasteiger partial charge in [0.1, 0.15) is 6.67 Å². The van der Waals surface area contributed by atoms with E-state index >= 15 is 0 Å². The van der Waals surface area contributed by atoms with Crippen molar-refractivity contribution in [2.24, 2.45) is 0 Å². The Morgan fingerprint density at radius 1 is 1.24 bits per heavy atom. The van der Waals surface area contributed by atoms with Gasteiger partial charge in [-0.3, -0.25) is 4.31 Å². The average molecular weight is 250 g/mol. The van der Waals surface area contributed by atoms with Gasteiger partial charge >= 0.3 is 0 Å². The van der Waals surface area contributed by atoms with Crippen molar-refractivity contribution in [2.75, 3.05) is 6.67 Å². The van der Waals surface area contributed by atoms with Gasteiger partial charge in [-0.15, -0.1) is 0 Å². The van der Waals surface area contributed by atoms with Crippen LogP contribution in [0.3, 0.4) is 0 Å². The molecule has 1 aromatic rings. The Morgan fingerprint density at radius 2 is 1.88 bits per heavy atom. The number of sulfonamides is 1. The molecule has 90 valence electrons. The molecule has 1 heterocycles. The van der Waals surface area contributed by atoms with Crippen LogP contribution in [0.4, 0.5) is 0 Å². The van der Waals surface area contributed by atoms with Crippen molar-refractivity contribution >= 4 is 10.0 Å². The molecule has 0 fully saturated rings. The van der Waals surface area contributed by atoms with Gasteiger partial charge in [0.15, 0.2) is 0 Å². The minimum Gasteiger partial charge on any atom is -0.334 e. The number of benzene rings is 1. The highest BCUT2D eigenvalue weighted by atomic mass is 32.2. The number of rotatable bonds is 3. The topological polar surface area (TPSA) is 40.6 Å². The highest BCUT2D eigenvalue weighted by Gasteiger charge is 2.25. The van der Waals surface area contributed by atoms with Crippen LogP contribution in [-0.2, 0) is 10.0 Å². The third kappa shape index (κ3) is 2.19. The minimum atomic E-state index is -3.44. The lowest BCUT2D eigenvalue weighted by Gasteiger charge is -2.18. The van der Waals surface area contributed by atoms with E-state index in [0.29, 0.717) is 4.90 Å². The summed E-state index contributed by atoms with van der Waals surface area (Å²) in [5.74, 6) is 0. The van der Waals surface area contributed by atoms with Crippen molar-refractivity contribution in [2.45, 2.75) is 11.8 Å². The molecular weight excluding hydrogens is 236 g/mol. The maximum Gasteiger partial charge on any atom is 0.265 e. The smallest absolute Gasteiger partial charge is 0.265 e. The summed E-state index contributed by atoms with van der Waals surface area (Å²) < 4.78 is 25.7. The van der Waals surface area contributed by atoms with E-state index in [2.05, 4.69) is 6.58 Å². The van der Waals surface area contributed by atoms with Gasteiger partial charge in [-0.05, 0) is 25.3 Å². The van der Waals surface area contributed by atoms with Gasteiger partial charge in [0.2, 0.25) is 0 Å². The van der Waals surface area contributed by atoms with Gasteiger partial charge in [0.25, 0.3) is 10.0 Å². The van der Waals surface area contributed by atoms with Crippen LogP contribution in [0.2, 0.25) is 0 Å². The van der Waals surface area contributed by atoms with Gasteiger partial charge < -0.3 is 4.90 Å². The van der Waals surface area contributed by atoms with Crippen LogP contribution in [0.15, 0.2) is 54.3 Å². The minimum absolute atomic E-state index is 0.277. The van der Waals surface area contributed by atoms with Crippen molar-refractivity contribution in [1.82, 2.24) is 9.21 Å². The first-order valence-corrected chi connectivity index (χ1v) is 6.63. The monoisotopic (exact) mass is 250 g/mol. The average Bonchev–Trinajstić information content (AvgIpc) is 2.78. The zero-order chi connectivity index (χ0) is 12.5. The molecule has 17 heavy (non-hydrogen) atoms. The van der Waals surface area contributed by atoms with Gasteiger partial charge in [0.05, 0.1) is 4.90 Å². The fourth-order valence-electron chi connectivity index (χ4n) is 1.54. The van der Waals surface area contributed by atoms with E-state index in [1.165, 1.54) is 10.5 Å². The second-order valence-electron chi connectivity index (χ2n) is 3.84. The molecule has 1 aliphatic heterocycles. The summed E-state index contributed by atoms with van der Waals surface area (Å²) in [7, 11) is -3.44. The van der Waals surface area contributed by atoms with Crippen LogP contribution in [0.25, 0.3) is 0 Å². The first-order valence-electron chi connectivity index (χ1n) is 5.19. The Kier molecular flexibility index (Phi) is 2.93. The molecule has 5 heteroatoms. The third-order valence-corrected chi connectivity index (χ3v) is 4.31. The predicted molar refractivity (Wildman–Crippen MR) is 66.2 cm³/mol. The maximum atomic E-state index is 12.2. The summed E-state index contributed by atoms with van der Waals surface area (Å²) in [4.78, 5) is 2.00. The molecular formula is C12H14N2O2S. The fraction of sp³-hybridized carbons (Fsp3) is 0.167. The molecule has 1 aliphatic rings. The van der Waals surface area contributed by atoms with E-state index in [9.17, 15) is 8.42 Å². The van der Waals surface area contributed by atoms with Crippen molar-refractivity contribution in [1.29, 1.82) is 0 Å². The molecule has 0 unspecified atom stereocenters. The largest absolute Gasteiger partial charge is 0.334 e. The quantitative estimate of drug-likeness (QED) is 0.822. The van der Waals surface area contributed by atoms with Crippen LogP contribution < -0.4 is 0 Å². The van der Waals surface area contributed by atoms with E-state index in [1.54, 1.807) is 41.6 Å². The third-order valence-electron chi connectivity index (χ3n) is 2.59. The van der Waals surface area contributed by atoms with E-state index in [0.717, 1.165) is 5.56 Å². The summed E-state index contributed by atoms with van der Waals surface area (Å²) in [6.45, 7) is 5.80. The predicted octanol–water partition coefficient (Wildman–Crippen LogP) is 1.87. The van der Waals surface area contributed by atoms with Crippen LogP contribution >= 0.6 is 0 Å². The molecule has 0 saturated heterocycles. The Hall–Kier alpha value is -1.75. The highest BCUT2D eigenvalue weighted by Crippen LogP contribution is 2.20. The Bertz CT molecular complexity index is 546. The van der Waals surface area contributed by atoms with Gasteiger partial charge in [-0.2, -0.15) is 0 Å². The van der Waals surface area contributed by atoms with E-state index in [1.807, 2.05) is 6.92 Å². The van der Waals surface area contributed by atoms with Crippen molar-refractivity contribution in [3.8, 4) is 0 Å². The number of hydrogen-bond donors (Lipinski definition) is 0. The lowest BCUT2D eigenvalue weighted by atomic mass is 10.2. The summed E-state index contributed by atoms with van der Waals surface area (Å²) in [5.41, 5.74) is 1.04. The van der Waals surface area contributed by atoms with Crippen LogP contribution in [0.5, 0.6) is 0 Å². The summed E-state index contributed by atoms with van der Waals surface area (Å²) in [6.07, 6.45) is 4.80. The van der Waals surface area contributed by atoms with Gasteiger partial charge in [-0.1, -0.05) is 24.3 Å². The molecule has 0 aromatic heterocycles. The van der Waals surface area contributed by atoms with E-state index in [-0.39, 0.29) is 6.67 Å². The molecule has 1 aromatic carbocycles. The molecule has 0 radical (unpaired) electrons. The zero-order valence-corrected chi connectivity index (χ0v) is 10.4. The van der Waals surface area contributed by atoms with Crippen molar-refractivity contribution < 1.29 is 8.42 Å². The molecule has 0 bridgehead atoms. The summed E-state index contributed by atoms with van der Waals surface area (Å²) in [5, 5.41) is 0. The van der Waals surface area contributed by atoms with Crippen molar-refractivity contribution in [3.63, 3.8) is 0 Å². The second kappa shape index (κ2) is 4.25. The lowest BCUT2D eigenvalue weighted by molar-refractivity contribution is 0.414. The molecule has 2 rings (SSSR count). The standard InChI is InChI=1S/C12H14N2O2S/c1-3-13-8-9-14(10-13)17(15,16)12-6-4-11(2)5-7-12/h3-9H,1,10H2,2H3. The van der Waals surface area contributed by atoms with E-state index in [4.69, 9.17) is 0 Å². The molecule has 0 amide bonds. The molecule has 0 spiro atoms. The molecule has 0 atom stereocenters. The number of hydrogen-bond acceptors (Lipinski definition) is 3. The molecule has 4 nitrogen and oxygen atoms in total. The number of aryl methyl sites for hydroxylation is 1. The highest BCUT2D eigenvalue weighted by molar-refractivity contribution is 7.89. The lowest BCUT2D eigenvalue weighted by Crippen LogP contribution is -2.28.